The van der Waals surface area contributed by atoms with Crippen LogP contribution in [0.2, 0.25) is 5.02 Å². The molecular weight excluding hydrogens is 278 g/mol. The molecule has 0 spiro atoms. The van der Waals surface area contributed by atoms with Crippen molar-refractivity contribution in [1.29, 1.82) is 0 Å². The highest BCUT2D eigenvalue weighted by molar-refractivity contribution is 6.33. The highest BCUT2D eigenvalue weighted by atomic mass is 35.5. The number of anilines is 1. The van der Waals surface area contributed by atoms with Crippen molar-refractivity contribution in [2.45, 2.75) is 6.92 Å². The summed E-state index contributed by atoms with van der Waals surface area (Å²) in [6, 6.07) is 6.90. The van der Waals surface area contributed by atoms with Gasteiger partial charge in [-0.1, -0.05) is 22.8 Å². The van der Waals surface area contributed by atoms with Crippen molar-refractivity contribution in [3.05, 3.63) is 41.3 Å². The van der Waals surface area contributed by atoms with E-state index in [1.54, 1.807) is 37.4 Å². The van der Waals surface area contributed by atoms with Crippen LogP contribution in [0, 0.1) is 6.92 Å². The van der Waals surface area contributed by atoms with E-state index in [0.717, 1.165) is 0 Å². The van der Waals surface area contributed by atoms with Gasteiger partial charge in [-0.15, -0.1) is 0 Å². The molecule has 6 nitrogen and oxygen atoms in total. The van der Waals surface area contributed by atoms with Gasteiger partial charge in [0.2, 0.25) is 5.82 Å². The van der Waals surface area contributed by atoms with Crippen LogP contribution in [0.25, 0.3) is 23.0 Å². The number of nitrogens with two attached hydrogens (primary N) is 1. The summed E-state index contributed by atoms with van der Waals surface area (Å²) >= 11 is 6.11. The first kappa shape index (κ1) is 12.6. The van der Waals surface area contributed by atoms with Crippen molar-refractivity contribution >= 4 is 17.3 Å². The van der Waals surface area contributed by atoms with Gasteiger partial charge in [0.05, 0.1) is 10.6 Å². The number of nitrogen functional groups attached to an aromatic ring is 1. The van der Waals surface area contributed by atoms with Crippen molar-refractivity contribution in [3.63, 3.8) is 0 Å². The number of aromatic nitrogens is 4. The molecule has 2 heterocycles. The monoisotopic (exact) mass is 287 g/mol. The highest BCUT2D eigenvalue weighted by Gasteiger charge is 2.16. The van der Waals surface area contributed by atoms with Crippen LogP contribution in [0.1, 0.15) is 5.82 Å². The molecule has 2 aromatic heterocycles. The molecule has 3 aromatic rings. The lowest BCUT2D eigenvalue weighted by Gasteiger charge is -2.01. The Morgan fingerprint density at radius 3 is 2.80 bits per heavy atom. The minimum atomic E-state index is 0.263. The second-order valence-corrected chi connectivity index (χ2v) is 4.52. The van der Waals surface area contributed by atoms with Crippen LogP contribution in [0.3, 0.4) is 0 Å². The van der Waals surface area contributed by atoms with E-state index in [1.807, 2.05) is 0 Å². The van der Waals surface area contributed by atoms with Gasteiger partial charge in [0.15, 0.2) is 0 Å². The molecule has 0 bridgehead atoms. The first-order valence-corrected chi connectivity index (χ1v) is 6.21. The summed E-state index contributed by atoms with van der Waals surface area (Å²) in [4.78, 5) is 12.5. The zero-order valence-corrected chi connectivity index (χ0v) is 11.3. The Morgan fingerprint density at radius 2 is 2.05 bits per heavy atom. The third-order valence-electron chi connectivity index (χ3n) is 2.69. The number of hydrogen-bond acceptors (Lipinski definition) is 6. The lowest BCUT2D eigenvalue weighted by molar-refractivity contribution is 0.432. The summed E-state index contributed by atoms with van der Waals surface area (Å²) in [5, 5.41) is 4.35. The molecule has 0 unspecified atom stereocenters. The lowest BCUT2D eigenvalue weighted by atomic mass is 10.2. The second-order valence-electron chi connectivity index (χ2n) is 4.12. The Balaban J connectivity index is 2.07. The van der Waals surface area contributed by atoms with Gasteiger partial charge in [0, 0.05) is 11.9 Å². The molecule has 0 fully saturated rings. The fourth-order valence-electron chi connectivity index (χ4n) is 1.78. The summed E-state index contributed by atoms with van der Waals surface area (Å²) in [5.41, 5.74) is 7.47. The van der Waals surface area contributed by atoms with Crippen LogP contribution < -0.4 is 5.73 Å². The molecule has 3 rings (SSSR count). The maximum atomic E-state index is 6.11. The van der Waals surface area contributed by atoms with E-state index < -0.39 is 0 Å². The minimum absolute atomic E-state index is 0.263. The van der Waals surface area contributed by atoms with E-state index in [-0.39, 0.29) is 5.89 Å². The Bertz CT molecular complexity index is 751. The number of benzene rings is 1. The molecule has 0 saturated carbocycles. The Kier molecular flexibility index (Phi) is 3.08. The molecule has 100 valence electrons. The smallest absolute Gasteiger partial charge is 0.261 e. The fraction of sp³-hybridized carbons (Fsp3) is 0.0769. The average Bonchev–Trinajstić information content (AvgIpc) is 2.88. The molecule has 0 atom stereocenters. The van der Waals surface area contributed by atoms with Crippen LogP contribution in [0.15, 0.2) is 35.0 Å². The van der Waals surface area contributed by atoms with E-state index >= 15 is 0 Å². The molecule has 0 radical (unpaired) electrons. The highest BCUT2D eigenvalue weighted by Crippen LogP contribution is 2.32. The Labute approximate surface area is 119 Å². The first-order chi connectivity index (χ1) is 9.65. The molecule has 0 aliphatic heterocycles. The van der Waals surface area contributed by atoms with Crippen molar-refractivity contribution < 1.29 is 4.52 Å². The standard InChI is InChI=1S/C13H10ClN5O/c1-7-16-6-5-10(17-7)12-18-13(20-19-12)11-8(14)3-2-4-9(11)15/h2-6H,15H2,1H3. The third-order valence-corrected chi connectivity index (χ3v) is 3.01. The number of halogens is 1. The predicted molar refractivity (Wildman–Crippen MR) is 74.9 cm³/mol. The number of rotatable bonds is 2. The first-order valence-electron chi connectivity index (χ1n) is 5.83. The number of aryl methyl sites for hydroxylation is 1. The van der Waals surface area contributed by atoms with Gasteiger partial charge in [-0.05, 0) is 25.1 Å². The van der Waals surface area contributed by atoms with E-state index in [0.29, 0.717) is 33.6 Å². The van der Waals surface area contributed by atoms with Gasteiger partial charge < -0.3 is 10.3 Å². The molecule has 0 aliphatic rings. The van der Waals surface area contributed by atoms with Gasteiger partial charge in [0.25, 0.3) is 5.89 Å². The molecule has 0 amide bonds. The lowest BCUT2D eigenvalue weighted by Crippen LogP contribution is -1.92. The summed E-state index contributed by atoms with van der Waals surface area (Å²) in [6.07, 6.45) is 1.64. The molecule has 7 heteroatoms. The van der Waals surface area contributed by atoms with Crippen LogP contribution in [-0.2, 0) is 0 Å². The molecule has 1 aromatic carbocycles. The molecule has 0 aliphatic carbocycles. The summed E-state index contributed by atoms with van der Waals surface area (Å²) in [6.45, 7) is 1.79. The van der Waals surface area contributed by atoms with Gasteiger partial charge in [-0.2, -0.15) is 4.98 Å². The normalized spacial score (nSPS) is 10.7. The second kappa shape index (κ2) is 4.90. The predicted octanol–water partition coefficient (Wildman–Crippen LogP) is 2.74. The Morgan fingerprint density at radius 1 is 1.20 bits per heavy atom. The zero-order chi connectivity index (χ0) is 14.1. The van der Waals surface area contributed by atoms with Crippen molar-refractivity contribution in [2.75, 3.05) is 5.73 Å². The van der Waals surface area contributed by atoms with E-state index in [2.05, 4.69) is 20.1 Å². The summed E-state index contributed by atoms with van der Waals surface area (Å²) in [7, 11) is 0. The number of nitrogens with zero attached hydrogens (tertiary/aromatic N) is 4. The quantitative estimate of drug-likeness (QED) is 0.729. The van der Waals surface area contributed by atoms with Gasteiger partial charge >= 0.3 is 0 Å². The van der Waals surface area contributed by atoms with Gasteiger partial charge in [-0.25, -0.2) is 9.97 Å². The van der Waals surface area contributed by atoms with Crippen molar-refractivity contribution in [2.24, 2.45) is 0 Å². The van der Waals surface area contributed by atoms with Crippen molar-refractivity contribution in [1.82, 2.24) is 20.1 Å². The molecular formula is C13H10ClN5O. The van der Waals surface area contributed by atoms with Crippen LogP contribution in [-0.4, -0.2) is 20.1 Å². The maximum Gasteiger partial charge on any atom is 0.261 e. The third kappa shape index (κ3) is 2.21. The summed E-state index contributed by atoms with van der Waals surface area (Å²) in [5.74, 6) is 1.26. The van der Waals surface area contributed by atoms with Crippen LogP contribution in [0.4, 0.5) is 5.69 Å². The van der Waals surface area contributed by atoms with E-state index in [9.17, 15) is 0 Å². The summed E-state index contributed by atoms with van der Waals surface area (Å²) < 4.78 is 5.22. The van der Waals surface area contributed by atoms with Gasteiger partial charge in [-0.3, -0.25) is 0 Å². The molecule has 20 heavy (non-hydrogen) atoms. The largest absolute Gasteiger partial charge is 0.398 e. The van der Waals surface area contributed by atoms with Crippen LogP contribution >= 0.6 is 11.6 Å². The molecule has 2 N–H and O–H groups in total. The van der Waals surface area contributed by atoms with E-state index in [1.165, 1.54) is 0 Å². The Hall–Kier alpha value is -2.47. The zero-order valence-electron chi connectivity index (χ0n) is 10.5. The maximum absolute atomic E-state index is 6.11. The average molecular weight is 288 g/mol. The fourth-order valence-corrected chi connectivity index (χ4v) is 2.04. The minimum Gasteiger partial charge on any atom is -0.398 e. The number of hydrogen-bond donors (Lipinski definition) is 1. The topological polar surface area (TPSA) is 90.7 Å². The molecule has 0 saturated heterocycles. The van der Waals surface area contributed by atoms with Crippen molar-refractivity contribution in [3.8, 4) is 23.0 Å². The van der Waals surface area contributed by atoms with Crippen LogP contribution in [0.5, 0.6) is 0 Å². The van der Waals surface area contributed by atoms with Gasteiger partial charge in [0.1, 0.15) is 11.5 Å². The van der Waals surface area contributed by atoms with E-state index in [4.69, 9.17) is 21.9 Å². The SMILES string of the molecule is Cc1nccc(-c2noc(-c3c(N)cccc3Cl)n2)n1.